The Bertz CT molecular complexity index is 661. The van der Waals surface area contributed by atoms with Gasteiger partial charge in [-0.3, -0.25) is 4.90 Å². The largest absolute Gasteiger partial charge is 0.395 e. The molecule has 3 rings (SSSR count). The van der Waals surface area contributed by atoms with Gasteiger partial charge < -0.3 is 26.6 Å². The van der Waals surface area contributed by atoms with Gasteiger partial charge in [0, 0.05) is 24.5 Å². The third-order valence-corrected chi connectivity index (χ3v) is 5.06. The van der Waals surface area contributed by atoms with Crippen LogP contribution in [0.15, 0.2) is 34.3 Å². The van der Waals surface area contributed by atoms with Gasteiger partial charge in [0.15, 0.2) is 0 Å². The molecule has 1 saturated carbocycles. The lowest BCUT2D eigenvalue weighted by molar-refractivity contribution is 0.281. The molecule has 0 aromatic heterocycles. The topological polar surface area (TPSA) is 124 Å². The fourth-order valence-corrected chi connectivity index (χ4v) is 3.92. The number of rotatable bonds is 6. The van der Waals surface area contributed by atoms with E-state index in [4.69, 9.17) is 11.5 Å². The lowest BCUT2D eigenvalue weighted by Crippen LogP contribution is -2.58. The van der Waals surface area contributed by atoms with Crippen LogP contribution in [0.1, 0.15) is 32.1 Å². The van der Waals surface area contributed by atoms with Crippen LogP contribution < -0.4 is 21.3 Å². The SMILES string of the molecule is NC1=NC2(CCCCC2)N(c2ccc(N(CCO)CCO)cc2)C(N)=N1. The molecule has 8 nitrogen and oxygen atoms in total. The smallest absolute Gasteiger partial charge is 0.220 e. The Morgan fingerprint density at radius 3 is 2.19 bits per heavy atom. The molecular formula is C18H28N6O2. The summed E-state index contributed by atoms with van der Waals surface area (Å²) >= 11 is 0. The van der Waals surface area contributed by atoms with Gasteiger partial charge in [0.1, 0.15) is 5.66 Å². The third-order valence-electron chi connectivity index (χ3n) is 5.06. The van der Waals surface area contributed by atoms with Crippen molar-refractivity contribution < 1.29 is 10.2 Å². The van der Waals surface area contributed by atoms with E-state index in [2.05, 4.69) is 9.98 Å². The zero-order valence-corrected chi connectivity index (χ0v) is 15.0. The van der Waals surface area contributed by atoms with E-state index in [0.717, 1.165) is 37.1 Å². The summed E-state index contributed by atoms with van der Waals surface area (Å²) in [6, 6.07) is 7.89. The van der Waals surface area contributed by atoms with Crippen LogP contribution in [0.25, 0.3) is 0 Å². The van der Waals surface area contributed by atoms with Crippen LogP contribution in [0.4, 0.5) is 11.4 Å². The molecule has 1 aromatic carbocycles. The highest BCUT2D eigenvalue weighted by molar-refractivity contribution is 6.05. The fraction of sp³-hybridized carbons (Fsp3) is 0.556. The number of aliphatic imine (C=N–C) groups is 2. The van der Waals surface area contributed by atoms with E-state index >= 15 is 0 Å². The van der Waals surface area contributed by atoms with Crippen molar-refractivity contribution in [3.8, 4) is 0 Å². The number of aliphatic hydroxyl groups is 2. The van der Waals surface area contributed by atoms with E-state index in [1.807, 2.05) is 34.1 Å². The first-order valence-corrected chi connectivity index (χ1v) is 9.16. The first kappa shape index (κ1) is 18.5. The summed E-state index contributed by atoms with van der Waals surface area (Å²) in [5.41, 5.74) is 13.5. The number of benzene rings is 1. The monoisotopic (exact) mass is 360 g/mol. The third kappa shape index (κ3) is 3.61. The van der Waals surface area contributed by atoms with Crippen LogP contribution in [-0.4, -0.2) is 54.1 Å². The Morgan fingerprint density at radius 2 is 1.62 bits per heavy atom. The summed E-state index contributed by atoms with van der Waals surface area (Å²) in [5, 5.41) is 18.4. The standard InChI is InChI=1S/C18H28N6O2/c19-16-21-17(20)24(18(22-16)8-2-1-3-9-18)15-6-4-14(5-7-15)23(10-12-25)11-13-26/h4-7,25-26H,1-3,8-13H2,(H4,19,20,21,22). The van der Waals surface area contributed by atoms with Crippen LogP contribution >= 0.6 is 0 Å². The van der Waals surface area contributed by atoms with E-state index in [-0.39, 0.29) is 19.2 Å². The molecule has 6 N–H and O–H groups in total. The highest BCUT2D eigenvalue weighted by Crippen LogP contribution is 2.39. The summed E-state index contributed by atoms with van der Waals surface area (Å²) in [6.45, 7) is 1.01. The predicted octanol–water partition coefficient (Wildman–Crippen LogP) is 0.587. The second-order valence-electron chi connectivity index (χ2n) is 6.77. The molecule has 1 aromatic rings. The van der Waals surface area contributed by atoms with Gasteiger partial charge in [-0.05, 0) is 49.9 Å². The van der Waals surface area contributed by atoms with Gasteiger partial charge in [0.05, 0.1) is 13.2 Å². The van der Waals surface area contributed by atoms with Gasteiger partial charge in [0.25, 0.3) is 0 Å². The molecule has 1 heterocycles. The minimum Gasteiger partial charge on any atom is -0.395 e. The average molecular weight is 360 g/mol. The zero-order chi connectivity index (χ0) is 18.6. The molecule has 0 radical (unpaired) electrons. The van der Waals surface area contributed by atoms with E-state index in [1.165, 1.54) is 6.42 Å². The van der Waals surface area contributed by atoms with Crippen LogP contribution in [-0.2, 0) is 0 Å². The van der Waals surface area contributed by atoms with Gasteiger partial charge in [-0.15, -0.1) is 0 Å². The van der Waals surface area contributed by atoms with Crippen LogP contribution in [0, 0.1) is 0 Å². The van der Waals surface area contributed by atoms with E-state index in [0.29, 0.717) is 19.0 Å². The Kier molecular flexibility index (Phi) is 5.63. The van der Waals surface area contributed by atoms with E-state index < -0.39 is 5.66 Å². The molecule has 0 bridgehead atoms. The number of hydrogen-bond acceptors (Lipinski definition) is 8. The molecule has 142 valence electrons. The number of aliphatic hydroxyl groups excluding tert-OH is 2. The number of nitrogens with zero attached hydrogens (tertiary/aromatic N) is 4. The van der Waals surface area contributed by atoms with Crippen LogP contribution in [0.2, 0.25) is 0 Å². The van der Waals surface area contributed by atoms with Crippen molar-refractivity contribution in [1.82, 2.24) is 0 Å². The number of anilines is 2. The second kappa shape index (κ2) is 7.92. The summed E-state index contributed by atoms with van der Waals surface area (Å²) in [5.74, 6) is 0.615. The maximum atomic E-state index is 9.22. The van der Waals surface area contributed by atoms with Crippen molar-refractivity contribution in [2.75, 3.05) is 36.1 Å². The number of guanidine groups is 2. The first-order chi connectivity index (χ1) is 12.6. The fourth-order valence-electron chi connectivity index (χ4n) is 3.92. The molecule has 2 aliphatic rings. The molecule has 8 heteroatoms. The Morgan fingerprint density at radius 1 is 1.00 bits per heavy atom. The molecule has 1 aliphatic carbocycles. The summed E-state index contributed by atoms with van der Waals surface area (Å²) in [7, 11) is 0. The average Bonchev–Trinajstić information content (AvgIpc) is 2.62. The highest BCUT2D eigenvalue weighted by Gasteiger charge is 2.42. The summed E-state index contributed by atoms with van der Waals surface area (Å²) in [4.78, 5) is 12.8. The molecule has 26 heavy (non-hydrogen) atoms. The van der Waals surface area contributed by atoms with Crippen LogP contribution in [0.3, 0.4) is 0 Å². The number of nitrogens with two attached hydrogens (primary N) is 2. The van der Waals surface area contributed by atoms with Gasteiger partial charge in [0.2, 0.25) is 11.9 Å². The molecule has 0 atom stereocenters. The predicted molar refractivity (Wildman–Crippen MR) is 104 cm³/mol. The highest BCUT2D eigenvalue weighted by atomic mass is 16.3. The maximum Gasteiger partial charge on any atom is 0.220 e. The summed E-state index contributed by atoms with van der Waals surface area (Å²) < 4.78 is 0. The lowest BCUT2D eigenvalue weighted by atomic mass is 9.87. The normalized spacial score (nSPS) is 19.2. The van der Waals surface area contributed by atoms with E-state index in [9.17, 15) is 10.2 Å². The van der Waals surface area contributed by atoms with Gasteiger partial charge >= 0.3 is 0 Å². The van der Waals surface area contributed by atoms with E-state index in [1.54, 1.807) is 0 Å². The molecule has 0 amide bonds. The van der Waals surface area contributed by atoms with Crippen molar-refractivity contribution >= 4 is 23.3 Å². The summed E-state index contributed by atoms with van der Waals surface area (Å²) in [6.07, 6.45) is 5.15. The van der Waals surface area contributed by atoms with Crippen molar-refractivity contribution in [3.63, 3.8) is 0 Å². The molecule has 1 fully saturated rings. The zero-order valence-electron chi connectivity index (χ0n) is 15.0. The molecule has 1 spiro atoms. The van der Waals surface area contributed by atoms with Gasteiger partial charge in [-0.1, -0.05) is 6.42 Å². The maximum absolute atomic E-state index is 9.22. The Balaban J connectivity index is 1.90. The van der Waals surface area contributed by atoms with Crippen molar-refractivity contribution in [2.24, 2.45) is 21.5 Å². The minimum atomic E-state index is -0.453. The Hall–Kier alpha value is -2.32. The molecule has 1 aliphatic heterocycles. The van der Waals surface area contributed by atoms with Crippen molar-refractivity contribution in [2.45, 2.75) is 37.8 Å². The lowest BCUT2D eigenvalue weighted by Gasteiger charge is -2.45. The first-order valence-electron chi connectivity index (χ1n) is 9.16. The van der Waals surface area contributed by atoms with Crippen LogP contribution in [0.5, 0.6) is 0 Å². The molecule has 0 saturated heterocycles. The molecular weight excluding hydrogens is 332 g/mol. The van der Waals surface area contributed by atoms with Crippen molar-refractivity contribution in [1.29, 1.82) is 0 Å². The quantitative estimate of drug-likeness (QED) is 0.589. The minimum absolute atomic E-state index is 0.0323. The molecule has 0 unspecified atom stereocenters. The van der Waals surface area contributed by atoms with Gasteiger partial charge in [-0.2, -0.15) is 4.99 Å². The van der Waals surface area contributed by atoms with Crippen molar-refractivity contribution in [3.05, 3.63) is 24.3 Å². The second-order valence-corrected chi connectivity index (χ2v) is 6.77. The van der Waals surface area contributed by atoms with Gasteiger partial charge in [-0.25, -0.2) is 4.99 Å². The Labute approximate surface area is 153 Å². The number of hydrogen-bond donors (Lipinski definition) is 4.